The molecule has 0 amide bonds. The molecule has 0 spiro atoms. The average Bonchev–Trinajstić information content (AvgIpc) is 2.91. The van der Waals surface area contributed by atoms with Crippen LogP contribution in [0.1, 0.15) is 32.9 Å². The number of nitrogens with zero attached hydrogens (tertiary/aromatic N) is 4. The summed E-state index contributed by atoms with van der Waals surface area (Å²) >= 11 is 0. The second kappa shape index (κ2) is 8.11. The number of aromatic nitrogens is 2. The van der Waals surface area contributed by atoms with Gasteiger partial charge in [-0.15, -0.1) is 24.0 Å². The van der Waals surface area contributed by atoms with Gasteiger partial charge in [0.1, 0.15) is 0 Å². The van der Waals surface area contributed by atoms with Crippen molar-refractivity contribution >= 4 is 35.9 Å². The van der Waals surface area contributed by atoms with Crippen LogP contribution < -0.4 is 15.5 Å². The van der Waals surface area contributed by atoms with Crippen LogP contribution in [-0.4, -0.2) is 55.4 Å². The van der Waals surface area contributed by atoms with Gasteiger partial charge in [0.2, 0.25) is 5.95 Å². The molecule has 1 fully saturated rings. The minimum atomic E-state index is -0.0911. The summed E-state index contributed by atoms with van der Waals surface area (Å²) in [6, 6.07) is 0.331. The molecule has 1 aromatic heterocycles. The van der Waals surface area contributed by atoms with Crippen LogP contribution in [0.15, 0.2) is 11.2 Å². The Bertz CT molecular complexity index is 612. The van der Waals surface area contributed by atoms with Gasteiger partial charge >= 0.3 is 0 Å². The van der Waals surface area contributed by atoms with E-state index in [1.165, 1.54) is 0 Å². The smallest absolute Gasteiger partial charge is 0.204 e. The number of aliphatic imine (C=N–C) groups is 1. The molecule has 0 bridgehead atoms. The van der Waals surface area contributed by atoms with Crippen LogP contribution in [0.4, 0.5) is 5.95 Å². The van der Waals surface area contributed by atoms with Crippen LogP contribution in [0.3, 0.4) is 0 Å². The molecule has 2 rings (SSSR count). The van der Waals surface area contributed by atoms with Gasteiger partial charge in [0.25, 0.3) is 0 Å². The standard InChI is InChI=1S/C17H32N6O.HI/c1-16(2)13(9-17(16,3)24-8)21-14(18-4)19-10-12-11-20-15(22(5)6)23(12)7;/h11,13H,9-10H2,1-8H3,(H2,18,19,21);1H. The lowest BCUT2D eigenvalue weighted by Gasteiger charge is -2.59. The first-order valence-corrected chi connectivity index (χ1v) is 8.36. The van der Waals surface area contributed by atoms with Crippen LogP contribution in [0.2, 0.25) is 0 Å². The summed E-state index contributed by atoms with van der Waals surface area (Å²) in [4.78, 5) is 10.8. The highest BCUT2D eigenvalue weighted by atomic mass is 127. The maximum Gasteiger partial charge on any atom is 0.204 e. The molecular weight excluding hydrogens is 431 g/mol. The number of methoxy groups -OCH3 is 1. The third-order valence-electron chi connectivity index (χ3n) is 5.71. The van der Waals surface area contributed by atoms with Crippen molar-refractivity contribution in [3.05, 3.63) is 11.9 Å². The van der Waals surface area contributed by atoms with E-state index >= 15 is 0 Å². The van der Waals surface area contributed by atoms with Gasteiger partial charge in [-0.3, -0.25) is 4.99 Å². The number of rotatable bonds is 5. The Morgan fingerprint density at radius 3 is 2.52 bits per heavy atom. The van der Waals surface area contributed by atoms with Gasteiger partial charge in [-0.1, -0.05) is 13.8 Å². The fourth-order valence-corrected chi connectivity index (χ4v) is 3.27. The van der Waals surface area contributed by atoms with E-state index in [4.69, 9.17) is 4.74 Å². The summed E-state index contributed by atoms with van der Waals surface area (Å²) < 4.78 is 7.77. The zero-order valence-corrected chi connectivity index (χ0v) is 19.0. The Morgan fingerprint density at radius 1 is 1.44 bits per heavy atom. The summed E-state index contributed by atoms with van der Waals surface area (Å²) in [7, 11) is 9.59. The van der Waals surface area contributed by atoms with Crippen molar-refractivity contribution in [1.29, 1.82) is 0 Å². The monoisotopic (exact) mass is 464 g/mol. The molecule has 1 saturated carbocycles. The third-order valence-corrected chi connectivity index (χ3v) is 5.71. The molecule has 0 radical (unpaired) electrons. The Kier molecular flexibility index (Phi) is 7.14. The molecule has 1 aliphatic carbocycles. The molecule has 25 heavy (non-hydrogen) atoms. The molecule has 1 aromatic rings. The molecule has 8 heteroatoms. The SMILES string of the molecule is CN=C(NCc1cnc(N(C)C)n1C)NC1CC(C)(OC)C1(C)C.I. The van der Waals surface area contributed by atoms with Crippen LogP contribution in [0.5, 0.6) is 0 Å². The summed E-state index contributed by atoms with van der Waals surface area (Å²) in [6.45, 7) is 7.30. The van der Waals surface area contributed by atoms with E-state index < -0.39 is 0 Å². The molecule has 2 unspecified atom stereocenters. The van der Waals surface area contributed by atoms with Crippen molar-refractivity contribution in [2.45, 2.75) is 45.4 Å². The van der Waals surface area contributed by atoms with Gasteiger partial charge < -0.3 is 24.8 Å². The topological polar surface area (TPSA) is 66.7 Å². The molecule has 2 atom stereocenters. The number of halogens is 1. The minimum absolute atomic E-state index is 0. The number of guanidine groups is 1. The maximum atomic E-state index is 5.69. The average molecular weight is 464 g/mol. The molecule has 1 aliphatic rings. The van der Waals surface area contributed by atoms with Gasteiger partial charge in [-0.2, -0.15) is 0 Å². The van der Waals surface area contributed by atoms with Gasteiger partial charge in [0.05, 0.1) is 24.0 Å². The Balaban J connectivity index is 0.00000312. The van der Waals surface area contributed by atoms with Gasteiger partial charge in [-0.25, -0.2) is 4.98 Å². The summed E-state index contributed by atoms with van der Waals surface area (Å²) in [5.41, 5.74) is 1.06. The first-order valence-electron chi connectivity index (χ1n) is 8.36. The Morgan fingerprint density at radius 2 is 2.08 bits per heavy atom. The number of hydrogen-bond acceptors (Lipinski definition) is 4. The number of hydrogen-bond donors (Lipinski definition) is 2. The second-order valence-electron chi connectivity index (χ2n) is 7.49. The van der Waals surface area contributed by atoms with Crippen LogP contribution in [-0.2, 0) is 18.3 Å². The lowest BCUT2D eigenvalue weighted by Crippen LogP contribution is -2.69. The molecule has 1 heterocycles. The number of imidazole rings is 1. The fourth-order valence-electron chi connectivity index (χ4n) is 3.27. The van der Waals surface area contributed by atoms with Crippen molar-refractivity contribution in [1.82, 2.24) is 20.2 Å². The van der Waals surface area contributed by atoms with Crippen LogP contribution in [0.25, 0.3) is 0 Å². The second-order valence-corrected chi connectivity index (χ2v) is 7.49. The van der Waals surface area contributed by atoms with E-state index in [1.807, 2.05) is 32.2 Å². The first-order chi connectivity index (χ1) is 11.2. The molecule has 2 N–H and O–H groups in total. The van der Waals surface area contributed by atoms with E-state index in [2.05, 4.69) is 45.9 Å². The highest BCUT2D eigenvalue weighted by Crippen LogP contribution is 2.51. The van der Waals surface area contributed by atoms with E-state index in [9.17, 15) is 0 Å². The number of ether oxygens (including phenoxy) is 1. The quantitative estimate of drug-likeness (QED) is 0.397. The largest absolute Gasteiger partial charge is 0.378 e. The Hall–Kier alpha value is -1.03. The van der Waals surface area contributed by atoms with Crippen molar-refractivity contribution in [3.63, 3.8) is 0 Å². The normalized spacial score (nSPS) is 25.0. The molecule has 0 aliphatic heterocycles. The lowest BCUT2D eigenvalue weighted by molar-refractivity contribution is -0.176. The molecule has 0 aromatic carbocycles. The van der Waals surface area contributed by atoms with Crippen molar-refractivity contribution in [3.8, 4) is 0 Å². The zero-order chi connectivity index (χ0) is 18.1. The lowest BCUT2D eigenvalue weighted by atomic mass is 9.56. The minimum Gasteiger partial charge on any atom is -0.378 e. The van der Waals surface area contributed by atoms with Gasteiger partial charge in [0, 0.05) is 46.8 Å². The predicted octanol–water partition coefficient (Wildman–Crippen LogP) is 1.97. The summed E-state index contributed by atoms with van der Waals surface area (Å²) in [5, 5.41) is 6.90. The third kappa shape index (κ3) is 4.05. The highest BCUT2D eigenvalue weighted by Gasteiger charge is 2.58. The molecule has 144 valence electrons. The number of anilines is 1. The van der Waals surface area contributed by atoms with E-state index in [-0.39, 0.29) is 35.0 Å². The van der Waals surface area contributed by atoms with Crippen molar-refractivity contribution in [2.75, 3.05) is 33.2 Å². The summed E-state index contributed by atoms with van der Waals surface area (Å²) in [6.07, 6.45) is 2.86. The molecule has 7 nitrogen and oxygen atoms in total. The van der Waals surface area contributed by atoms with Crippen LogP contribution in [0, 0.1) is 5.41 Å². The van der Waals surface area contributed by atoms with Gasteiger partial charge in [-0.05, 0) is 13.3 Å². The molecular formula is C17H33IN6O. The van der Waals surface area contributed by atoms with E-state index in [0.29, 0.717) is 12.6 Å². The van der Waals surface area contributed by atoms with Crippen LogP contribution >= 0.6 is 24.0 Å². The highest BCUT2D eigenvalue weighted by molar-refractivity contribution is 14.0. The maximum absolute atomic E-state index is 5.69. The Labute approximate surface area is 168 Å². The number of nitrogens with one attached hydrogen (secondary N) is 2. The van der Waals surface area contributed by atoms with Crippen molar-refractivity contribution in [2.24, 2.45) is 17.5 Å². The van der Waals surface area contributed by atoms with E-state index in [0.717, 1.165) is 24.0 Å². The zero-order valence-electron chi connectivity index (χ0n) is 16.7. The molecule has 0 saturated heterocycles. The fraction of sp³-hybridized carbons (Fsp3) is 0.765. The van der Waals surface area contributed by atoms with Gasteiger partial charge in [0.15, 0.2) is 5.96 Å². The van der Waals surface area contributed by atoms with Crippen molar-refractivity contribution < 1.29 is 4.74 Å². The van der Waals surface area contributed by atoms with E-state index in [1.54, 1.807) is 14.2 Å². The first kappa shape index (κ1) is 22.0. The summed E-state index contributed by atoms with van der Waals surface area (Å²) in [5.74, 6) is 1.74. The predicted molar refractivity (Wildman–Crippen MR) is 114 cm³/mol.